The molecule has 1 saturated heterocycles. The summed E-state index contributed by atoms with van der Waals surface area (Å²) < 4.78 is 5.34. The van der Waals surface area contributed by atoms with Crippen LogP contribution in [0.1, 0.15) is 32.3 Å². The topological polar surface area (TPSA) is 15.7 Å². The summed E-state index contributed by atoms with van der Waals surface area (Å²) in [4.78, 5) is 4.98. The lowest BCUT2D eigenvalue weighted by Crippen LogP contribution is -2.48. The summed E-state index contributed by atoms with van der Waals surface area (Å²) in [5.74, 6) is 0.608. The van der Waals surface area contributed by atoms with Gasteiger partial charge in [0.25, 0.3) is 0 Å². The van der Waals surface area contributed by atoms with Crippen LogP contribution in [-0.2, 0) is 4.74 Å². The predicted octanol–water partition coefficient (Wildman–Crippen LogP) is 2.97. The molecule has 0 spiro atoms. The van der Waals surface area contributed by atoms with Gasteiger partial charge in [-0.2, -0.15) is 0 Å². The van der Waals surface area contributed by atoms with E-state index >= 15 is 0 Å². The van der Waals surface area contributed by atoms with Gasteiger partial charge in [-0.15, -0.1) is 0 Å². The Morgan fingerprint density at radius 1 is 1.00 bits per heavy atom. The van der Waals surface area contributed by atoms with Gasteiger partial charge in [0, 0.05) is 45.5 Å². The smallest absolute Gasteiger partial charge is 0.0670 e. The normalized spacial score (nSPS) is 18.6. The van der Waals surface area contributed by atoms with Crippen LogP contribution in [0.5, 0.6) is 0 Å². The largest absolute Gasteiger partial charge is 0.380 e. The van der Waals surface area contributed by atoms with Gasteiger partial charge >= 0.3 is 0 Å². The van der Waals surface area contributed by atoms with Gasteiger partial charge in [0.05, 0.1) is 6.10 Å². The van der Waals surface area contributed by atoms with Crippen LogP contribution in [-0.4, -0.2) is 50.8 Å². The van der Waals surface area contributed by atoms with E-state index in [2.05, 4.69) is 54.8 Å². The minimum absolute atomic E-state index is 0.326. The molecule has 3 heteroatoms. The van der Waals surface area contributed by atoms with Crippen molar-refractivity contribution in [2.45, 2.75) is 32.8 Å². The first-order valence-electron chi connectivity index (χ1n) is 7.70. The Kier molecular flexibility index (Phi) is 5.44. The summed E-state index contributed by atoms with van der Waals surface area (Å²) >= 11 is 0. The van der Waals surface area contributed by atoms with Crippen molar-refractivity contribution in [3.05, 3.63) is 29.8 Å². The van der Waals surface area contributed by atoms with Crippen LogP contribution in [0.2, 0.25) is 0 Å². The Bertz CT molecular complexity index is 394. The molecule has 1 unspecified atom stereocenters. The van der Waals surface area contributed by atoms with Crippen molar-refractivity contribution in [2.24, 2.45) is 0 Å². The van der Waals surface area contributed by atoms with E-state index in [9.17, 15) is 0 Å². The van der Waals surface area contributed by atoms with Gasteiger partial charge in [-0.3, -0.25) is 4.90 Å². The zero-order valence-corrected chi connectivity index (χ0v) is 13.3. The minimum Gasteiger partial charge on any atom is -0.380 e. The molecule has 0 aromatic heterocycles. The molecule has 112 valence electrons. The molecule has 1 aromatic rings. The summed E-state index contributed by atoms with van der Waals surface area (Å²) in [5.41, 5.74) is 2.77. The molecular weight excluding hydrogens is 248 g/mol. The lowest BCUT2D eigenvalue weighted by Gasteiger charge is -2.37. The second-order valence-electron chi connectivity index (χ2n) is 6.08. The maximum absolute atomic E-state index is 5.34. The van der Waals surface area contributed by atoms with Gasteiger partial charge in [-0.1, -0.05) is 26.0 Å². The van der Waals surface area contributed by atoms with Crippen LogP contribution in [0.25, 0.3) is 0 Å². The van der Waals surface area contributed by atoms with Crippen LogP contribution < -0.4 is 4.90 Å². The van der Waals surface area contributed by atoms with Crippen LogP contribution in [0.15, 0.2) is 24.3 Å². The van der Waals surface area contributed by atoms with Gasteiger partial charge in [0.15, 0.2) is 0 Å². The van der Waals surface area contributed by atoms with Crippen molar-refractivity contribution in [1.29, 1.82) is 0 Å². The first-order valence-corrected chi connectivity index (χ1v) is 7.70. The van der Waals surface area contributed by atoms with Gasteiger partial charge in [-0.05, 0) is 30.5 Å². The van der Waals surface area contributed by atoms with E-state index in [4.69, 9.17) is 4.74 Å². The Labute approximate surface area is 123 Å². The van der Waals surface area contributed by atoms with Gasteiger partial charge in [0.2, 0.25) is 0 Å². The van der Waals surface area contributed by atoms with Crippen LogP contribution in [0, 0.1) is 0 Å². The third kappa shape index (κ3) is 3.97. The highest BCUT2D eigenvalue weighted by Crippen LogP contribution is 2.21. The maximum atomic E-state index is 5.34. The molecule has 1 aliphatic rings. The zero-order chi connectivity index (χ0) is 14.5. The summed E-state index contributed by atoms with van der Waals surface area (Å²) in [6.45, 7) is 12.1. The third-order valence-electron chi connectivity index (χ3n) is 4.21. The Morgan fingerprint density at radius 2 is 1.60 bits per heavy atom. The molecular formula is C17H28N2O. The average molecular weight is 276 g/mol. The number of methoxy groups -OCH3 is 1. The Hall–Kier alpha value is -1.06. The van der Waals surface area contributed by atoms with E-state index in [1.165, 1.54) is 11.3 Å². The lowest BCUT2D eigenvalue weighted by molar-refractivity contribution is 0.0749. The SMILES string of the molecule is COC(C)CN1CCN(c2ccc(C(C)C)cc2)CC1. The van der Waals surface area contributed by atoms with Crippen LogP contribution in [0.3, 0.4) is 0 Å². The van der Waals surface area contributed by atoms with E-state index in [1.54, 1.807) is 7.11 Å². The molecule has 0 amide bonds. The molecule has 1 atom stereocenters. The molecule has 3 nitrogen and oxygen atoms in total. The zero-order valence-electron chi connectivity index (χ0n) is 13.3. The van der Waals surface area contributed by atoms with E-state index < -0.39 is 0 Å². The number of rotatable bonds is 5. The molecule has 1 aliphatic heterocycles. The van der Waals surface area contributed by atoms with Crippen molar-refractivity contribution in [2.75, 3.05) is 44.7 Å². The van der Waals surface area contributed by atoms with E-state index in [1.807, 2.05) is 0 Å². The quantitative estimate of drug-likeness (QED) is 0.822. The molecule has 0 N–H and O–H groups in total. The molecule has 1 heterocycles. The number of benzene rings is 1. The predicted molar refractivity (Wildman–Crippen MR) is 85.7 cm³/mol. The van der Waals surface area contributed by atoms with E-state index in [-0.39, 0.29) is 0 Å². The van der Waals surface area contributed by atoms with Crippen LogP contribution in [0.4, 0.5) is 5.69 Å². The maximum Gasteiger partial charge on any atom is 0.0670 e. The highest BCUT2D eigenvalue weighted by Gasteiger charge is 2.18. The Balaban J connectivity index is 1.87. The molecule has 2 rings (SSSR count). The average Bonchev–Trinajstić information content (AvgIpc) is 2.48. The minimum atomic E-state index is 0.326. The van der Waals surface area contributed by atoms with E-state index in [0.717, 1.165) is 32.7 Å². The molecule has 20 heavy (non-hydrogen) atoms. The molecule has 1 fully saturated rings. The standard InChI is InChI=1S/C17H28N2O/c1-14(2)16-5-7-17(8-6-16)19-11-9-18(10-12-19)13-15(3)20-4/h5-8,14-15H,9-13H2,1-4H3. The highest BCUT2D eigenvalue weighted by atomic mass is 16.5. The summed E-state index contributed by atoms with van der Waals surface area (Å²) in [7, 11) is 1.79. The molecule has 0 aliphatic carbocycles. The molecule has 0 bridgehead atoms. The number of ether oxygens (including phenoxy) is 1. The van der Waals surface area contributed by atoms with Gasteiger partial charge in [0.1, 0.15) is 0 Å². The van der Waals surface area contributed by atoms with Crippen molar-refractivity contribution < 1.29 is 4.74 Å². The first-order chi connectivity index (χ1) is 9.60. The van der Waals surface area contributed by atoms with Crippen molar-refractivity contribution in [3.8, 4) is 0 Å². The summed E-state index contributed by atoms with van der Waals surface area (Å²) in [6, 6.07) is 9.06. The molecule has 0 saturated carbocycles. The third-order valence-corrected chi connectivity index (χ3v) is 4.21. The Morgan fingerprint density at radius 3 is 2.10 bits per heavy atom. The van der Waals surface area contributed by atoms with Crippen molar-refractivity contribution in [1.82, 2.24) is 4.90 Å². The van der Waals surface area contributed by atoms with Crippen LogP contribution >= 0.6 is 0 Å². The highest BCUT2D eigenvalue weighted by molar-refractivity contribution is 5.48. The first kappa shape index (κ1) is 15.3. The second kappa shape index (κ2) is 7.09. The second-order valence-corrected chi connectivity index (χ2v) is 6.08. The summed E-state index contributed by atoms with van der Waals surface area (Å²) in [6.07, 6.45) is 0.326. The number of hydrogen-bond acceptors (Lipinski definition) is 3. The van der Waals surface area contributed by atoms with Gasteiger partial charge < -0.3 is 9.64 Å². The number of anilines is 1. The fraction of sp³-hybridized carbons (Fsp3) is 0.647. The number of piperazine rings is 1. The number of nitrogens with zero attached hydrogens (tertiary/aromatic N) is 2. The van der Waals surface area contributed by atoms with Gasteiger partial charge in [-0.25, -0.2) is 0 Å². The lowest BCUT2D eigenvalue weighted by atomic mass is 10.0. The van der Waals surface area contributed by atoms with Crippen molar-refractivity contribution >= 4 is 5.69 Å². The summed E-state index contributed by atoms with van der Waals surface area (Å²) in [5, 5.41) is 0. The fourth-order valence-electron chi connectivity index (χ4n) is 2.70. The van der Waals surface area contributed by atoms with Crippen molar-refractivity contribution in [3.63, 3.8) is 0 Å². The molecule has 1 aromatic carbocycles. The van der Waals surface area contributed by atoms with E-state index in [0.29, 0.717) is 12.0 Å². The fourth-order valence-corrected chi connectivity index (χ4v) is 2.70. The monoisotopic (exact) mass is 276 g/mol. The molecule has 0 radical (unpaired) electrons. The number of hydrogen-bond donors (Lipinski definition) is 0.